The first-order valence-electron chi connectivity index (χ1n) is 7.07. The van der Waals surface area contributed by atoms with Gasteiger partial charge in [0.1, 0.15) is 17.6 Å². The number of esters is 1. The standard InChI is InChI=1S/C19H14O4/c1-22-19(21)15-12-23-18(14-10-6-3-7-11-14)16(17(15)20)13-8-4-2-5-9-13/h2-12H,1H3. The molecule has 0 saturated carbocycles. The highest BCUT2D eigenvalue weighted by Gasteiger charge is 2.21. The number of methoxy groups -OCH3 is 1. The SMILES string of the molecule is COC(=O)c1coc(-c2ccccc2)c(-c2ccccc2)c1=O. The van der Waals surface area contributed by atoms with Gasteiger partial charge in [-0.1, -0.05) is 60.7 Å². The molecular formula is C19H14O4. The number of carbonyl (C=O) groups excluding carboxylic acids is 1. The molecule has 4 nitrogen and oxygen atoms in total. The zero-order valence-electron chi connectivity index (χ0n) is 12.5. The van der Waals surface area contributed by atoms with Gasteiger partial charge in [-0.3, -0.25) is 4.79 Å². The zero-order valence-corrected chi connectivity index (χ0v) is 12.5. The fourth-order valence-corrected chi connectivity index (χ4v) is 2.39. The Bertz CT molecular complexity index is 880. The molecule has 0 radical (unpaired) electrons. The van der Waals surface area contributed by atoms with Crippen LogP contribution in [0.3, 0.4) is 0 Å². The summed E-state index contributed by atoms with van der Waals surface area (Å²) in [5.41, 5.74) is 1.27. The van der Waals surface area contributed by atoms with Gasteiger partial charge in [-0.2, -0.15) is 0 Å². The number of hydrogen-bond acceptors (Lipinski definition) is 4. The minimum Gasteiger partial charge on any atom is -0.465 e. The highest BCUT2D eigenvalue weighted by atomic mass is 16.5. The average molecular weight is 306 g/mol. The van der Waals surface area contributed by atoms with Crippen LogP contribution in [0.5, 0.6) is 0 Å². The van der Waals surface area contributed by atoms with Crippen LogP contribution < -0.4 is 5.43 Å². The van der Waals surface area contributed by atoms with Crippen molar-refractivity contribution in [3.05, 3.63) is 82.7 Å². The molecule has 1 heterocycles. The Kier molecular flexibility index (Phi) is 4.06. The maximum absolute atomic E-state index is 12.8. The molecule has 0 aliphatic rings. The maximum Gasteiger partial charge on any atom is 0.345 e. The van der Waals surface area contributed by atoms with E-state index in [4.69, 9.17) is 4.42 Å². The summed E-state index contributed by atoms with van der Waals surface area (Å²) >= 11 is 0. The van der Waals surface area contributed by atoms with E-state index >= 15 is 0 Å². The topological polar surface area (TPSA) is 56.5 Å². The van der Waals surface area contributed by atoms with Crippen LogP contribution in [-0.2, 0) is 4.74 Å². The summed E-state index contributed by atoms with van der Waals surface area (Å²) < 4.78 is 10.3. The molecule has 0 aliphatic heterocycles. The molecule has 0 atom stereocenters. The van der Waals surface area contributed by atoms with E-state index in [0.29, 0.717) is 16.9 Å². The smallest absolute Gasteiger partial charge is 0.345 e. The number of carbonyl (C=O) groups is 1. The van der Waals surface area contributed by atoms with E-state index in [2.05, 4.69) is 4.74 Å². The summed E-state index contributed by atoms with van der Waals surface area (Å²) in [4.78, 5) is 24.6. The highest BCUT2D eigenvalue weighted by Crippen LogP contribution is 2.29. The minimum atomic E-state index is -0.712. The van der Waals surface area contributed by atoms with Gasteiger partial charge in [-0.05, 0) is 5.56 Å². The summed E-state index contributed by atoms with van der Waals surface area (Å²) in [6.07, 6.45) is 1.16. The molecule has 3 rings (SSSR count). The van der Waals surface area contributed by atoms with Crippen LogP contribution in [0.1, 0.15) is 10.4 Å². The van der Waals surface area contributed by atoms with E-state index < -0.39 is 11.4 Å². The average Bonchev–Trinajstić information content (AvgIpc) is 2.62. The quantitative estimate of drug-likeness (QED) is 0.691. The van der Waals surface area contributed by atoms with Crippen molar-refractivity contribution in [2.24, 2.45) is 0 Å². The van der Waals surface area contributed by atoms with E-state index in [-0.39, 0.29) is 5.56 Å². The van der Waals surface area contributed by atoms with Crippen molar-refractivity contribution in [1.82, 2.24) is 0 Å². The third kappa shape index (κ3) is 2.79. The molecule has 0 amide bonds. The van der Waals surface area contributed by atoms with Crippen LogP contribution in [0.15, 0.2) is 76.1 Å². The Labute approximate surface area is 133 Å². The van der Waals surface area contributed by atoms with E-state index in [1.807, 2.05) is 48.5 Å². The molecule has 4 heteroatoms. The summed E-state index contributed by atoms with van der Waals surface area (Å²) in [6.45, 7) is 0. The largest absolute Gasteiger partial charge is 0.465 e. The van der Waals surface area contributed by atoms with Gasteiger partial charge < -0.3 is 9.15 Å². The Morgan fingerprint density at radius 1 is 0.913 bits per heavy atom. The van der Waals surface area contributed by atoms with Crippen molar-refractivity contribution in [3.8, 4) is 22.5 Å². The number of rotatable bonds is 3. The van der Waals surface area contributed by atoms with E-state index in [1.165, 1.54) is 7.11 Å². The van der Waals surface area contributed by atoms with Crippen LogP contribution >= 0.6 is 0 Å². The lowest BCUT2D eigenvalue weighted by Gasteiger charge is -2.09. The van der Waals surface area contributed by atoms with Gasteiger partial charge in [-0.15, -0.1) is 0 Å². The van der Waals surface area contributed by atoms with Gasteiger partial charge in [0.05, 0.1) is 12.7 Å². The first-order valence-corrected chi connectivity index (χ1v) is 7.07. The predicted octanol–water partition coefficient (Wildman–Crippen LogP) is 3.76. The lowest BCUT2D eigenvalue weighted by Crippen LogP contribution is -2.18. The predicted molar refractivity (Wildman–Crippen MR) is 87.2 cm³/mol. The molecular weight excluding hydrogens is 292 g/mol. The third-order valence-electron chi connectivity index (χ3n) is 3.50. The summed E-state index contributed by atoms with van der Waals surface area (Å²) in [6, 6.07) is 18.4. The lowest BCUT2D eigenvalue weighted by atomic mass is 9.99. The van der Waals surface area contributed by atoms with Crippen molar-refractivity contribution in [2.45, 2.75) is 0 Å². The molecule has 0 unspecified atom stereocenters. The first-order chi connectivity index (χ1) is 11.2. The normalized spacial score (nSPS) is 10.3. The second-order valence-electron chi connectivity index (χ2n) is 4.91. The Morgan fingerprint density at radius 2 is 1.48 bits per heavy atom. The second-order valence-corrected chi connectivity index (χ2v) is 4.91. The molecule has 2 aromatic carbocycles. The van der Waals surface area contributed by atoms with Gasteiger partial charge in [0.15, 0.2) is 0 Å². The number of benzene rings is 2. The molecule has 0 bridgehead atoms. The van der Waals surface area contributed by atoms with E-state index in [0.717, 1.165) is 11.8 Å². The van der Waals surface area contributed by atoms with Gasteiger partial charge in [0, 0.05) is 5.56 Å². The van der Waals surface area contributed by atoms with Crippen molar-refractivity contribution in [1.29, 1.82) is 0 Å². The van der Waals surface area contributed by atoms with Crippen LogP contribution in [0, 0.1) is 0 Å². The van der Waals surface area contributed by atoms with Gasteiger partial charge in [0.25, 0.3) is 0 Å². The Hall–Kier alpha value is -3.14. The van der Waals surface area contributed by atoms with E-state index in [9.17, 15) is 9.59 Å². The summed E-state index contributed by atoms with van der Waals surface area (Å²) in [5.74, 6) is -0.287. The molecule has 3 aromatic rings. The van der Waals surface area contributed by atoms with Crippen molar-refractivity contribution in [3.63, 3.8) is 0 Å². The molecule has 0 N–H and O–H groups in total. The molecule has 0 spiro atoms. The van der Waals surface area contributed by atoms with Crippen LogP contribution in [0.2, 0.25) is 0 Å². The van der Waals surface area contributed by atoms with Crippen molar-refractivity contribution >= 4 is 5.97 Å². The zero-order chi connectivity index (χ0) is 16.2. The molecule has 0 aliphatic carbocycles. The molecule has 1 aromatic heterocycles. The second kappa shape index (κ2) is 6.32. The van der Waals surface area contributed by atoms with Crippen molar-refractivity contribution < 1.29 is 13.9 Å². The fraction of sp³-hybridized carbons (Fsp3) is 0.0526. The fourth-order valence-electron chi connectivity index (χ4n) is 2.39. The molecule has 0 saturated heterocycles. The highest BCUT2D eigenvalue weighted by molar-refractivity contribution is 5.92. The van der Waals surface area contributed by atoms with Crippen LogP contribution in [0.25, 0.3) is 22.5 Å². The Balaban J connectivity index is 2.32. The first kappa shape index (κ1) is 14.8. The molecule has 114 valence electrons. The maximum atomic E-state index is 12.8. The number of ether oxygens (including phenoxy) is 1. The van der Waals surface area contributed by atoms with Gasteiger partial charge in [0.2, 0.25) is 5.43 Å². The summed E-state index contributed by atoms with van der Waals surface area (Å²) in [7, 11) is 1.23. The van der Waals surface area contributed by atoms with Gasteiger partial charge in [-0.25, -0.2) is 4.79 Å². The Morgan fingerprint density at radius 3 is 2.04 bits per heavy atom. The van der Waals surface area contributed by atoms with Gasteiger partial charge >= 0.3 is 5.97 Å². The van der Waals surface area contributed by atoms with Crippen LogP contribution in [0.4, 0.5) is 0 Å². The van der Waals surface area contributed by atoms with E-state index in [1.54, 1.807) is 12.1 Å². The van der Waals surface area contributed by atoms with Crippen molar-refractivity contribution in [2.75, 3.05) is 7.11 Å². The lowest BCUT2D eigenvalue weighted by molar-refractivity contribution is 0.0596. The van der Waals surface area contributed by atoms with Crippen LogP contribution in [-0.4, -0.2) is 13.1 Å². The monoisotopic (exact) mass is 306 g/mol. The third-order valence-corrected chi connectivity index (χ3v) is 3.50. The molecule has 0 fully saturated rings. The molecule has 23 heavy (non-hydrogen) atoms. The minimum absolute atomic E-state index is 0.119. The number of hydrogen-bond donors (Lipinski definition) is 0. The summed E-state index contributed by atoms with van der Waals surface area (Å²) in [5, 5.41) is 0.